The summed E-state index contributed by atoms with van der Waals surface area (Å²) in [6, 6.07) is 4.34. The molecule has 0 radical (unpaired) electrons. The van der Waals surface area contributed by atoms with Crippen molar-refractivity contribution < 1.29 is 14.3 Å². The van der Waals surface area contributed by atoms with Crippen LogP contribution in [0.5, 0.6) is 5.75 Å². The standard InChI is InChI=1S/C24H31FN4O3/c1-15(19-6-5-18(25)14-22(19)32-26)17-7-11-28(12-8-17)13-9-20-16(2)27-23-21(30)4-3-10-29(23)24(20)31/h5-6,14,17,21,30H,1,3-4,7-13,26H2,2H3. The number of likely N-dealkylation sites (tertiary alicyclic amines) is 1. The van der Waals surface area contributed by atoms with Gasteiger partial charge >= 0.3 is 0 Å². The van der Waals surface area contributed by atoms with E-state index in [0.717, 1.165) is 61.3 Å². The second-order valence-electron chi connectivity index (χ2n) is 8.80. The maximum Gasteiger partial charge on any atom is 0.257 e. The molecule has 2 aliphatic heterocycles. The Morgan fingerprint density at radius 2 is 2.06 bits per heavy atom. The van der Waals surface area contributed by atoms with Gasteiger partial charge in [-0.25, -0.2) is 9.37 Å². The third kappa shape index (κ3) is 4.48. The lowest BCUT2D eigenvalue weighted by atomic mass is 9.85. The molecule has 4 rings (SSSR count). The van der Waals surface area contributed by atoms with E-state index < -0.39 is 11.9 Å². The third-order valence-electron chi connectivity index (χ3n) is 6.83. The zero-order valence-corrected chi connectivity index (χ0v) is 18.5. The number of nitrogens with two attached hydrogens (primary N) is 1. The Morgan fingerprint density at radius 3 is 2.78 bits per heavy atom. The van der Waals surface area contributed by atoms with Crippen molar-refractivity contribution in [1.82, 2.24) is 14.5 Å². The number of aliphatic hydroxyl groups is 1. The SMILES string of the molecule is C=C(c1ccc(F)cc1ON)C1CCN(CCc2c(C)nc3n(c2=O)CCCC3O)CC1. The van der Waals surface area contributed by atoms with Crippen LogP contribution in [-0.4, -0.2) is 39.2 Å². The van der Waals surface area contributed by atoms with Crippen LogP contribution in [0.1, 0.15) is 54.4 Å². The fraction of sp³-hybridized carbons (Fsp3) is 0.500. The molecule has 1 aromatic heterocycles. The van der Waals surface area contributed by atoms with Crippen LogP contribution in [0.15, 0.2) is 29.6 Å². The summed E-state index contributed by atoms with van der Waals surface area (Å²) >= 11 is 0. The van der Waals surface area contributed by atoms with Gasteiger partial charge in [0.05, 0.1) is 0 Å². The molecule has 0 spiro atoms. The largest absolute Gasteiger partial charge is 0.411 e. The van der Waals surface area contributed by atoms with E-state index in [0.29, 0.717) is 31.0 Å². The van der Waals surface area contributed by atoms with Crippen LogP contribution in [0.2, 0.25) is 0 Å². The summed E-state index contributed by atoms with van der Waals surface area (Å²) in [7, 11) is 0. The summed E-state index contributed by atoms with van der Waals surface area (Å²) in [6.45, 7) is 9.27. The summed E-state index contributed by atoms with van der Waals surface area (Å²) in [5, 5.41) is 10.2. The number of hydrogen-bond donors (Lipinski definition) is 2. The second-order valence-corrected chi connectivity index (χ2v) is 8.80. The molecule has 7 nitrogen and oxygen atoms in total. The van der Waals surface area contributed by atoms with Crippen molar-refractivity contribution >= 4 is 5.57 Å². The van der Waals surface area contributed by atoms with Gasteiger partial charge < -0.3 is 14.8 Å². The van der Waals surface area contributed by atoms with Crippen molar-refractivity contribution in [2.45, 2.75) is 51.7 Å². The molecular weight excluding hydrogens is 411 g/mol. The summed E-state index contributed by atoms with van der Waals surface area (Å²) < 4.78 is 15.1. The van der Waals surface area contributed by atoms with Crippen LogP contribution < -0.4 is 16.3 Å². The second kappa shape index (κ2) is 9.52. The van der Waals surface area contributed by atoms with Crippen molar-refractivity contribution in [2.24, 2.45) is 11.8 Å². The van der Waals surface area contributed by atoms with Gasteiger partial charge in [0.15, 0.2) is 5.75 Å². The van der Waals surface area contributed by atoms with E-state index in [2.05, 4.69) is 16.5 Å². The van der Waals surface area contributed by atoms with Gasteiger partial charge in [-0.2, -0.15) is 5.90 Å². The van der Waals surface area contributed by atoms with Gasteiger partial charge in [-0.15, -0.1) is 0 Å². The number of halogens is 1. The molecule has 1 unspecified atom stereocenters. The van der Waals surface area contributed by atoms with E-state index in [4.69, 9.17) is 10.7 Å². The zero-order chi connectivity index (χ0) is 22.8. The maximum atomic E-state index is 13.5. The third-order valence-corrected chi connectivity index (χ3v) is 6.83. The number of fused-ring (bicyclic) bond motifs is 1. The summed E-state index contributed by atoms with van der Waals surface area (Å²) in [6.07, 6.45) is 3.29. The number of allylic oxidation sites excluding steroid dienone is 1. The molecule has 2 aromatic rings. The van der Waals surface area contributed by atoms with Gasteiger partial charge in [0.25, 0.3) is 5.56 Å². The number of nitrogens with zero attached hydrogens (tertiary/aromatic N) is 3. The van der Waals surface area contributed by atoms with Crippen LogP contribution in [0, 0.1) is 18.7 Å². The monoisotopic (exact) mass is 442 g/mol. The summed E-state index contributed by atoms with van der Waals surface area (Å²) in [5.74, 6) is 6.00. The molecule has 172 valence electrons. The fourth-order valence-electron chi connectivity index (χ4n) is 4.91. The molecule has 3 N–H and O–H groups in total. The molecule has 1 atom stereocenters. The minimum Gasteiger partial charge on any atom is -0.411 e. The van der Waals surface area contributed by atoms with Gasteiger partial charge in [0.1, 0.15) is 17.7 Å². The first-order valence-corrected chi connectivity index (χ1v) is 11.2. The molecule has 8 heteroatoms. The molecule has 0 aliphatic carbocycles. The first kappa shape index (κ1) is 22.6. The van der Waals surface area contributed by atoms with E-state index in [1.807, 2.05) is 6.92 Å². The molecule has 0 bridgehead atoms. The van der Waals surface area contributed by atoms with E-state index >= 15 is 0 Å². The predicted molar refractivity (Wildman–Crippen MR) is 121 cm³/mol. The number of benzene rings is 1. The Labute approximate surface area is 187 Å². The summed E-state index contributed by atoms with van der Waals surface area (Å²) in [5.41, 5.74) is 3.11. The first-order chi connectivity index (χ1) is 15.4. The number of aliphatic hydroxyl groups excluding tert-OH is 1. The average molecular weight is 443 g/mol. The lowest BCUT2D eigenvalue weighted by Crippen LogP contribution is -2.38. The minimum absolute atomic E-state index is 0.0138. The summed E-state index contributed by atoms with van der Waals surface area (Å²) in [4.78, 5) is 24.7. The van der Waals surface area contributed by atoms with Crippen LogP contribution in [-0.2, 0) is 13.0 Å². The number of aromatic nitrogens is 2. The predicted octanol–water partition coefficient (Wildman–Crippen LogP) is 2.74. The molecule has 0 saturated carbocycles. The van der Waals surface area contributed by atoms with Crippen LogP contribution in [0.25, 0.3) is 5.57 Å². The minimum atomic E-state index is -0.650. The van der Waals surface area contributed by atoms with Gasteiger partial charge in [0.2, 0.25) is 0 Å². The van der Waals surface area contributed by atoms with Crippen molar-refractivity contribution in [2.75, 3.05) is 19.6 Å². The van der Waals surface area contributed by atoms with Crippen molar-refractivity contribution in [3.05, 3.63) is 63.6 Å². The first-order valence-electron chi connectivity index (χ1n) is 11.2. The van der Waals surface area contributed by atoms with Crippen molar-refractivity contribution in [1.29, 1.82) is 0 Å². The number of piperidine rings is 1. The highest BCUT2D eigenvalue weighted by Gasteiger charge is 2.26. The van der Waals surface area contributed by atoms with Crippen LogP contribution >= 0.6 is 0 Å². The zero-order valence-electron chi connectivity index (χ0n) is 18.5. The number of hydrogen-bond acceptors (Lipinski definition) is 6. The Morgan fingerprint density at radius 1 is 1.31 bits per heavy atom. The molecule has 0 amide bonds. The lowest BCUT2D eigenvalue weighted by Gasteiger charge is -2.33. The quantitative estimate of drug-likeness (QED) is 0.669. The van der Waals surface area contributed by atoms with E-state index in [1.54, 1.807) is 10.6 Å². The lowest BCUT2D eigenvalue weighted by molar-refractivity contribution is 0.129. The van der Waals surface area contributed by atoms with E-state index in [-0.39, 0.29) is 11.5 Å². The van der Waals surface area contributed by atoms with Gasteiger partial charge in [-0.1, -0.05) is 6.58 Å². The normalized spacial score (nSPS) is 19.6. The number of aryl methyl sites for hydroxylation is 1. The molecule has 32 heavy (non-hydrogen) atoms. The van der Waals surface area contributed by atoms with E-state index in [1.165, 1.54) is 12.1 Å². The van der Waals surface area contributed by atoms with Gasteiger partial charge in [-0.3, -0.25) is 9.36 Å². The molecule has 2 aliphatic rings. The molecule has 1 saturated heterocycles. The average Bonchev–Trinajstić information content (AvgIpc) is 2.79. The molecule has 1 fully saturated rings. The topological polar surface area (TPSA) is 93.6 Å². The Hall–Kier alpha value is -2.55. The highest BCUT2D eigenvalue weighted by Crippen LogP contribution is 2.35. The van der Waals surface area contributed by atoms with Gasteiger partial charge in [0, 0.05) is 36.0 Å². The fourth-order valence-corrected chi connectivity index (χ4v) is 4.91. The van der Waals surface area contributed by atoms with Crippen molar-refractivity contribution in [3.8, 4) is 5.75 Å². The maximum absolute atomic E-state index is 13.5. The van der Waals surface area contributed by atoms with Crippen LogP contribution in [0.4, 0.5) is 4.39 Å². The van der Waals surface area contributed by atoms with Gasteiger partial charge in [-0.05, 0) is 75.7 Å². The van der Waals surface area contributed by atoms with E-state index in [9.17, 15) is 14.3 Å². The highest BCUT2D eigenvalue weighted by molar-refractivity contribution is 5.70. The highest BCUT2D eigenvalue weighted by atomic mass is 19.1. The Balaban J connectivity index is 1.37. The molecule has 3 heterocycles. The van der Waals surface area contributed by atoms with Crippen molar-refractivity contribution in [3.63, 3.8) is 0 Å². The number of rotatable bonds is 6. The van der Waals surface area contributed by atoms with Crippen LogP contribution in [0.3, 0.4) is 0 Å². The Bertz CT molecular complexity index is 1060. The Kier molecular flexibility index (Phi) is 6.74. The smallest absolute Gasteiger partial charge is 0.257 e. The molecular formula is C24H31FN4O3. The molecule has 1 aromatic carbocycles.